The highest BCUT2D eigenvalue weighted by Gasteiger charge is 2.39. The summed E-state index contributed by atoms with van der Waals surface area (Å²) in [4.78, 5) is 2.44. The van der Waals surface area contributed by atoms with E-state index in [-0.39, 0.29) is 11.0 Å². The van der Waals surface area contributed by atoms with Crippen LogP contribution < -0.4 is 4.90 Å². The van der Waals surface area contributed by atoms with Gasteiger partial charge in [0.05, 0.1) is 0 Å². The molecule has 1 heteroatoms. The second-order valence-corrected chi connectivity index (χ2v) is 6.82. The maximum absolute atomic E-state index is 2.44. The molecule has 0 atom stereocenters. The van der Waals surface area contributed by atoms with Gasteiger partial charge in [-0.25, -0.2) is 0 Å². The Bertz CT molecular complexity index is 495. The van der Waals surface area contributed by atoms with Gasteiger partial charge in [-0.1, -0.05) is 57.2 Å². The normalized spacial score (nSPS) is 12.2. The summed E-state index contributed by atoms with van der Waals surface area (Å²) in [5.41, 5.74) is 2.62. The van der Waals surface area contributed by atoms with Crippen LogP contribution in [0.1, 0.15) is 34.6 Å². The largest absolute Gasteiger partial charge is 0.335 e. The lowest BCUT2D eigenvalue weighted by molar-refractivity contribution is 0.228. The van der Waals surface area contributed by atoms with Crippen LogP contribution in [0.5, 0.6) is 0 Å². The summed E-state index contributed by atoms with van der Waals surface area (Å²) in [6, 6.07) is 21.3. The second-order valence-electron chi connectivity index (χ2n) is 6.82. The van der Waals surface area contributed by atoms with Crippen LogP contribution in [0.2, 0.25) is 0 Å². The molecule has 0 spiro atoms. The lowest BCUT2D eigenvalue weighted by atomic mass is 9.74. The molecule has 106 valence electrons. The van der Waals surface area contributed by atoms with E-state index in [0.717, 1.165) is 0 Å². The van der Waals surface area contributed by atoms with Crippen LogP contribution in [0.3, 0.4) is 0 Å². The van der Waals surface area contributed by atoms with Crippen molar-refractivity contribution in [2.24, 2.45) is 5.41 Å². The average Bonchev–Trinajstić information content (AvgIpc) is 2.40. The molecular formula is C19H25N. The fraction of sp³-hybridized carbons (Fsp3) is 0.368. The standard InChI is InChI=1S/C19H25N/c1-18(2,3)19(4,5)20(16-12-8-6-9-13-16)17-14-10-7-11-15-17/h6-15H,1-5H3. The lowest BCUT2D eigenvalue weighted by Gasteiger charge is -2.49. The maximum Gasteiger partial charge on any atom is 0.0443 e. The summed E-state index contributed by atoms with van der Waals surface area (Å²) in [5, 5.41) is 0. The van der Waals surface area contributed by atoms with Gasteiger partial charge in [0.2, 0.25) is 0 Å². The van der Waals surface area contributed by atoms with Crippen LogP contribution in [0, 0.1) is 5.41 Å². The summed E-state index contributed by atoms with van der Waals surface area (Å²) >= 11 is 0. The first kappa shape index (κ1) is 14.6. The Kier molecular flexibility index (Phi) is 3.89. The Morgan fingerprint density at radius 1 is 0.600 bits per heavy atom. The summed E-state index contributed by atoms with van der Waals surface area (Å²) < 4.78 is 0. The fourth-order valence-electron chi connectivity index (χ4n) is 2.28. The van der Waals surface area contributed by atoms with Crippen molar-refractivity contribution >= 4 is 11.4 Å². The highest BCUT2D eigenvalue weighted by molar-refractivity contribution is 5.65. The maximum atomic E-state index is 2.44. The van der Waals surface area contributed by atoms with E-state index in [9.17, 15) is 0 Å². The average molecular weight is 267 g/mol. The molecule has 1 nitrogen and oxygen atoms in total. The van der Waals surface area contributed by atoms with Crippen molar-refractivity contribution in [3.63, 3.8) is 0 Å². The predicted octanol–water partition coefficient (Wildman–Crippen LogP) is 5.65. The zero-order valence-electron chi connectivity index (χ0n) is 13.2. The molecule has 2 rings (SSSR count). The van der Waals surface area contributed by atoms with Crippen molar-refractivity contribution in [1.82, 2.24) is 0 Å². The van der Waals surface area contributed by atoms with Crippen molar-refractivity contribution in [1.29, 1.82) is 0 Å². The quantitative estimate of drug-likeness (QED) is 0.694. The topological polar surface area (TPSA) is 3.24 Å². The molecule has 2 aromatic carbocycles. The molecule has 20 heavy (non-hydrogen) atoms. The predicted molar refractivity (Wildman–Crippen MR) is 88.6 cm³/mol. The van der Waals surface area contributed by atoms with Gasteiger partial charge in [0.15, 0.2) is 0 Å². The highest BCUT2D eigenvalue weighted by atomic mass is 15.2. The van der Waals surface area contributed by atoms with Crippen molar-refractivity contribution in [3.05, 3.63) is 60.7 Å². The molecule has 0 aliphatic rings. The first-order valence-corrected chi connectivity index (χ1v) is 7.24. The summed E-state index contributed by atoms with van der Waals surface area (Å²) in [7, 11) is 0. The molecule has 0 radical (unpaired) electrons. The van der Waals surface area contributed by atoms with E-state index in [2.05, 4.69) is 100 Å². The molecule has 0 fully saturated rings. The Morgan fingerprint density at radius 3 is 1.25 bits per heavy atom. The zero-order valence-corrected chi connectivity index (χ0v) is 13.2. The van der Waals surface area contributed by atoms with Gasteiger partial charge in [-0.2, -0.15) is 0 Å². The number of para-hydroxylation sites is 2. The van der Waals surface area contributed by atoms with Crippen LogP contribution in [-0.4, -0.2) is 5.54 Å². The van der Waals surface area contributed by atoms with Gasteiger partial charge in [-0.3, -0.25) is 0 Å². The van der Waals surface area contributed by atoms with Crippen molar-refractivity contribution in [2.45, 2.75) is 40.2 Å². The molecular weight excluding hydrogens is 242 g/mol. The third-order valence-electron chi connectivity index (χ3n) is 4.42. The van der Waals surface area contributed by atoms with Crippen molar-refractivity contribution in [2.75, 3.05) is 4.90 Å². The Balaban J connectivity index is 2.57. The van der Waals surface area contributed by atoms with E-state index in [0.29, 0.717) is 0 Å². The van der Waals surface area contributed by atoms with E-state index in [1.165, 1.54) is 11.4 Å². The van der Waals surface area contributed by atoms with Crippen molar-refractivity contribution in [3.8, 4) is 0 Å². The van der Waals surface area contributed by atoms with Gasteiger partial charge in [0.1, 0.15) is 0 Å². The molecule has 0 heterocycles. The lowest BCUT2D eigenvalue weighted by Crippen LogP contribution is -2.50. The number of benzene rings is 2. The molecule has 0 saturated carbocycles. The third kappa shape index (κ3) is 2.72. The summed E-state index contributed by atoms with van der Waals surface area (Å²) in [6.07, 6.45) is 0. The smallest absolute Gasteiger partial charge is 0.0443 e. The van der Waals surface area contributed by atoms with Gasteiger partial charge >= 0.3 is 0 Å². The first-order chi connectivity index (χ1) is 9.34. The van der Waals surface area contributed by atoms with Crippen LogP contribution >= 0.6 is 0 Å². The van der Waals surface area contributed by atoms with E-state index >= 15 is 0 Å². The summed E-state index contributed by atoms with van der Waals surface area (Å²) in [6.45, 7) is 11.5. The molecule has 0 aliphatic heterocycles. The number of rotatable bonds is 3. The molecule has 0 bridgehead atoms. The minimum absolute atomic E-state index is 0.00426. The number of hydrogen-bond donors (Lipinski definition) is 0. The van der Waals surface area contributed by atoms with Gasteiger partial charge in [0.25, 0.3) is 0 Å². The number of nitrogens with zero attached hydrogens (tertiary/aromatic N) is 1. The van der Waals surface area contributed by atoms with E-state index in [4.69, 9.17) is 0 Å². The van der Waals surface area contributed by atoms with E-state index in [1.807, 2.05) is 0 Å². The third-order valence-corrected chi connectivity index (χ3v) is 4.42. The zero-order chi connectivity index (χ0) is 14.8. The van der Waals surface area contributed by atoms with E-state index in [1.54, 1.807) is 0 Å². The SMILES string of the molecule is CC(C)(C)C(C)(C)N(c1ccccc1)c1ccccc1. The van der Waals surface area contributed by atoms with Gasteiger partial charge in [-0.05, 0) is 43.5 Å². The molecule has 0 saturated heterocycles. The monoisotopic (exact) mass is 267 g/mol. The molecule has 0 aliphatic carbocycles. The fourth-order valence-corrected chi connectivity index (χ4v) is 2.28. The number of anilines is 2. The minimum atomic E-state index is -0.00426. The highest BCUT2D eigenvalue weighted by Crippen LogP contribution is 2.42. The molecule has 0 N–H and O–H groups in total. The van der Waals surface area contributed by atoms with Crippen LogP contribution in [-0.2, 0) is 0 Å². The first-order valence-electron chi connectivity index (χ1n) is 7.24. The van der Waals surface area contributed by atoms with Crippen LogP contribution in [0.4, 0.5) is 11.4 Å². The van der Waals surface area contributed by atoms with Crippen molar-refractivity contribution < 1.29 is 0 Å². The molecule has 2 aromatic rings. The van der Waals surface area contributed by atoms with Gasteiger partial charge in [-0.15, -0.1) is 0 Å². The minimum Gasteiger partial charge on any atom is -0.335 e. The Morgan fingerprint density at radius 2 is 0.950 bits per heavy atom. The molecule has 0 amide bonds. The molecule has 0 aromatic heterocycles. The van der Waals surface area contributed by atoms with Crippen LogP contribution in [0.25, 0.3) is 0 Å². The second kappa shape index (κ2) is 5.32. The summed E-state index contributed by atoms with van der Waals surface area (Å²) in [5.74, 6) is 0. The van der Waals surface area contributed by atoms with Crippen LogP contribution in [0.15, 0.2) is 60.7 Å². The Labute approximate surface area is 123 Å². The Hall–Kier alpha value is -1.76. The molecule has 0 unspecified atom stereocenters. The van der Waals surface area contributed by atoms with Gasteiger partial charge in [0, 0.05) is 16.9 Å². The number of hydrogen-bond acceptors (Lipinski definition) is 1. The van der Waals surface area contributed by atoms with E-state index < -0.39 is 0 Å². The van der Waals surface area contributed by atoms with Gasteiger partial charge < -0.3 is 4.90 Å².